The molecule has 0 unspecified atom stereocenters. The Morgan fingerprint density at radius 3 is 2.19 bits per heavy atom. The first-order chi connectivity index (χ1) is 17.8. The molecule has 1 aliphatic heterocycles. The zero-order chi connectivity index (χ0) is 26.4. The highest BCUT2D eigenvalue weighted by Gasteiger charge is 2.23. The number of nitrogens with one attached hydrogen (secondary N) is 2. The van der Waals surface area contributed by atoms with Gasteiger partial charge in [0.05, 0.1) is 11.7 Å². The van der Waals surface area contributed by atoms with E-state index in [0.29, 0.717) is 31.4 Å². The third-order valence-corrected chi connectivity index (χ3v) is 6.18. The van der Waals surface area contributed by atoms with Crippen LogP contribution in [0.5, 0.6) is 0 Å². The molecular formula is C28H35N7O2. The fraction of sp³-hybridized carbons (Fsp3) is 0.357. The summed E-state index contributed by atoms with van der Waals surface area (Å²) in [6.45, 7) is 8.67. The van der Waals surface area contributed by atoms with Gasteiger partial charge >= 0.3 is 0 Å². The number of carbonyl (C=O) groups excluding carboxylic acids is 2. The third-order valence-electron chi connectivity index (χ3n) is 6.18. The average molecular weight is 502 g/mol. The highest BCUT2D eigenvalue weighted by molar-refractivity contribution is 5.91. The predicted molar refractivity (Wildman–Crippen MR) is 148 cm³/mol. The highest BCUT2D eigenvalue weighted by Crippen LogP contribution is 2.24. The topological polar surface area (TPSA) is 116 Å². The van der Waals surface area contributed by atoms with Gasteiger partial charge in [0.1, 0.15) is 0 Å². The van der Waals surface area contributed by atoms with Crippen LogP contribution < -0.4 is 21.3 Å². The van der Waals surface area contributed by atoms with E-state index in [2.05, 4.69) is 37.6 Å². The van der Waals surface area contributed by atoms with Crippen LogP contribution >= 0.6 is 0 Å². The molecule has 9 heteroatoms. The van der Waals surface area contributed by atoms with E-state index in [4.69, 9.17) is 5.73 Å². The minimum atomic E-state index is -0.459. The van der Waals surface area contributed by atoms with Crippen LogP contribution in [0.3, 0.4) is 0 Å². The number of nitrogens with two attached hydrogens (primary N) is 1. The van der Waals surface area contributed by atoms with Crippen LogP contribution in [0, 0.1) is 5.92 Å². The molecular weight excluding hydrogens is 466 g/mol. The Labute approximate surface area is 218 Å². The van der Waals surface area contributed by atoms with Gasteiger partial charge in [-0.1, -0.05) is 26.0 Å². The van der Waals surface area contributed by atoms with Crippen LogP contribution in [0.15, 0.2) is 60.8 Å². The molecule has 0 saturated carbocycles. The van der Waals surface area contributed by atoms with Crippen LogP contribution in [-0.2, 0) is 9.59 Å². The van der Waals surface area contributed by atoms with E-state index in [1.165, 1.54) is 0 Å². The quantitative estimate of drug-likeness (QED) is 0.429. The van der Waals surface area contributed by atoms with Crippen molar-refractivity contribution in [2.75, 3.05) is 41.7 Å². The maximum Gasteiger partial charge on any atom is 0.239 e. The molecule has 4 rings (SSSR count). The van der Waals surface area contributed by atoms with Crippen molar-refractivity contribution in [1.82, 2.24) is 14.9 Å². The fourth-order valence-electron chi connectivity index (χ4n) is 4.24. The number of aromatic nitrogens is 2. The second-order valence-corrected chi connectivity index (χ2v) is 9.76. The van der Waals surface area contributed by atoms with Crippen molar-refractivity contribution in [2.24, 2.45) is 11.7 Å². The number of carbonyl (C=O) groups is 2. The molecule has 1 aromatic heterocycles. The zero-order valence-corrected chi connectivity index (χ0v) is 21.6. The minimum Gasteiger partial charge on any atom is -0.368 e. The SMILES string of the molecule is CC(C)CC(=O)Nc1ccc(-c2ccnc(Nc3ccc(N4CCN(C(=O)[C@H](C)N)CC4)cc3)n2)cc1. The molecule has 0 aliphatic carbocycles. The lowest BCUT2D eigenvalue weighted by Crippen LogP contribution is -2.52. The molecule has 2 amide bonds. The molecule has 1 fully saturated rings. The lowest BCUT2D eigenvalue weighted by Gasteiger charge is -2.36. The summed E-state index contributed by atoms with van der Waals surface area (Å²) in [5.41, 5.74) is 10.2. The van der Waals surface area contributed by atoms with Gasteiger partial charge in [-0.05, 0) is 55.3 Å². The normalized spacial score (nSPS) is 14.4. The standard InChI is InChI=1S/C28H35N7O2/c1-19(2)18-26(36)31-22-6-4-21(5-7-22)25-12-13-30-28(33-25)32-23-8-10-24(11-9-23)34-14-16-35(17-15-34)27(37)20(3)29/h4-13,19-20H,14-18,29H2,1-3H3,(H,31,36)(H,30,32,33)/t20-/m0/s1. The van der Waals surface area contributed by atoms with Gasteiger partial charge in [0.25, 0.3) is 0 Å². The molecule has 0 spiro atoms. The van der Waals surface area contributed by atoms with Gasteiger partial charge in [0.15, 0.2) is 0 Å². The third kappa shape index (κ3) is 7.04. The van der Waals surface area contributed by atoms with Crippen molar-refractivity contribution in [1.29, 1.82) is 0 Å². The van der Waals surface area contributed by atoms with Gasteiger partial charge in [-0.2, -0.15) is 0 Å². The van der Waals surface area contributed by atoms with Crippen molar-refractivity contribution in [3.05, 3.63) is 60.8 Å². The molecule has 2 heterocycles. The number of amides is 2. The molecule has 9 nitrogen and oxygen atoms in total. The largest absolute Gasteiger partial charge is 0.368 e. The second kappa shape index (κ2) is 11.8. The summed E-state index contributed by atoms with van der Waals surface area (Å²) in [6, 6.07) is 17.2. The van der Waals surface area contributed by atoms with E-state index in [1.54, 1.807) is 13.1 Å². The summed E-state index contributed by atoms with van der Waals surface area (Å²) in [6.07, 6.45) is 2.22. The number of anilines is 4. The lowest BCUT2D eigenvalue weighted by atomic mass is 10.1. The Balaban J connectivity index is 1.35. The van der Waals surface area contributed by atoms with Crippen LogP contribution in [-0.4, -0.2) is 58.9 Å². The van der Waals surface area contributed by atoms with E-state index in [1.807, 2.05) is 61.2 Å². The molecule has 37 heavy (non-hydrogen) atoms. The average Bonchev–Trinajstić information content (AvgIpc) is 2.89. The van der Waals surface area contributed by atoms with Crippen LogP contribution in [0.2, 0.25) is 0 Å². The summed E-state index contributed by atoms with van der Waals surface area (Å²) in [5.74, 6) is 0.838. The Hall–Kier alpha value is -3.98. The first kappa shape index (κ1) is 26.1. The van der Waals surface area contributed by atoms with E-state index >= 15 is 0 Å². The molecule has 194 valence electrons. The number of hydrogen-bond donors (Lipinski definition) is 3. The Morgan fingerprint density at radius 1 is 0.919 bits per heavy atom. The smallest absolute Gasteiger partial charge is 0.239 e. The summed E-state index contributed by atoms with van der Waals surface area (Å²) >= 11 is 0. The van der Waals surface area contributed by atoms with Gasteiger partial charge in [-0.25, -0.2) is 9.97 Å². The molecule has 4 N–H and O–H groups in total. The summed E-state index contributed by atoms with van der Waals surface area (Å²) < 4.78 is 0. The predicted octanol–water partition coefficient (Wildman–Crippen LogP) is 3.87. The molecule has 1 atom stereocenters. The number of nitrogens with zero attached hydrogens (tertiary/aromatic N) is 4. The summed E-state index contributed by atoms with van der Waals surface area (Å²) in [4.78, 5) is 37.2. The number of rotatable bonds is 8. The monoisotopic (exact) mass is 501 g/mol. The zero-order valence-electron chi connectivity index (χ0n) is 21.6. The minimum absolute atomic E-state index is 0.00535. The molecule has 0 bridgehead atoms. The van der Waals surface area contributed by atoms with E-state index in [9.17, 15) is 9.59 Å². The fourth-order valence-corrected chi connectivity index (χ4v) is 4.24. The Bertz CT molecular complexity index is 1200. The van der Waals surface area contributed by atoms with Crippen molar-refractivity contribution in [2.45, 2.75) is 33.2 Å². The van der Waals surface area contributed by atoms with Gasteiger partial charge < -0.3 is 26.2 Å². The van der Waals surface area contributed by atoms with Crippen LogP contribution in [0.25, 0.3) is 11.3 Å². The summed E-state index contributed by atoms with van der Waals surface area (Å²) in [7, 11) is 0. The van der Waals surface area contributed by atoms with Gasteiger partial charge in [-0.3, -0.25) is 9.59 Å². The lowest BCUT2D eigenvalue weighted by molar-refractivity contribution is -0.132. The number of hydrogen-bond acceptors (Lipinski definition) is 7. The van der Waals surface area contributed by atoms with Gasteiger partial charge in [0.2, 0.25) is 17.8 Å². The van der Waals surface area contributed by atoms with Gasteiger partial charge in [0, 0.05) is 61.4 Å². The van der Waals surface area contributed by atoms with Crippen molar-refractivity contribution in [3.8, 4) is 11.3 Å². The van der Waals surface area contributed by atoms with Crippen LogP contribution in [0.4, 0.5) is 23.0 Å². The maximum atomic E-state index is 12.1. The second-order valence-electron chi connectivity index (χ2n) is 9.76. The molecule has 0 radical (unpaired) electrons. The molecule has 1 aliphatic rings. The highest BCUT2D eigenvalue weighted by atomic mass is 16.2. The maximum absolute atomic E-state index is 12.1. The first-order valence-electron chi connectivity index (χ1n) is 12.7. The first-order valence-corrected chi connectivity index (χ1v) is 12.7. The van der Waals surface area contributed by atoms with E-state index in [0.717, 1.165) is 41.4 Å². The molecule has 1 saturated heterocycles. The Morgan fingerprint density at radius 2 is 1.57 bits per heavy atom. The van der Waals surface area contributed by atoms with E-state index in [-0.39, 0.29) is 11.8 Å². The summed E-state index contributed by atoms with van der Waals surface area (Å²) in [5, 5.41) is 6.20. The molecule has 2 aromatic carbocycles. The van der Waals surface area contributed by atoms with E-state index < -0.39 is 6.04 Å². The van der Waals surface area contributed by atoms with Crippen molar-refractivity contribution < 1.29 is 9.59 Å². The van der Waals surface area contributed by atoms with Gasteiger partial charge in [-0.15, -0.1) is 0 Å². The van der Waals surface area contributed by atoms with Crippen molar-refractivity contribution in [3.63, 3.8) is 0 Å². The Kier molecular flexibility index (Phi) is 8.35. The van der Waals surface area contributed by atoms with Crippen LogP contribution in [0.1, 0.15) is 27.2 Å². The van der Waals surface area contributed by atoms with Crippen molar-refractivity contribution >= 4 is 34.8 Å². The number of piperazine rings is 1. The molecule has 3 aromatic rings. The number of benzene rings is 2.